The van der Waals surface area contributed by atoms with Crippen LogP contribution in [0.3, 0.4) is 0 Å². The molecule has 5 aliphatic rings. The summed E-state index contributed by atoms with van der Waals surface area (Å²) in [5.41, 5.74) is 0.881. The smallest absolute Gasteiger partial charge is 0.223 e. The number of hydrogen-bond acceptors (Lipinski definition) is 5. The highest BCUT2D eigenvalue weighted by Gasteiger charge is 2.67. The van der Waals surface area contributed by atoms with Crippen molar-refractivity contribution in [3.05, 3.63) is 41.1 Å². The summed E-state index contributed by atoms with van der Waals surface area (Å²) in [5.74, 6) is 0.741. The number of hydrogen-bond donors (Lipinski definition) is 3. The lowest BCUT2D eigenvalue weighted by molar-refractivity contribution is -0.156. The molecule has 182 valence electrons. The van der Waals surface area contributed by atoms with E-state index < -0.39 is 17.1 Å². The van der Waals surface area contributed by atoms with Gasteiger partial charge in [0.25, 0.3) is 0 Å². The summed E-state index contributed by atoms with van der Waals surface area (Å²) < 4.78 is 0. The molecule has 6 heteroatoms. The molecule has 0 radical (unpaired) electrons. The molecular formula is C28H36N2O4. The standard InChI is InChI=1S/C28H36N2O4/c1-17-15-30(16-18-7-8-18)25-11-20-9-10-21(31)12-22(20)27(17)14-24(32)23(13-28(25,27)34)29-26(33)19-5-3-2-4-6-19/h9-10,12,15,18-19,23,25,31,34H,2-8,11,13-14,16H2,1H3,(H,29,33). The van der Waals surface area contributed by atoms with Crippen molar-refractivity contribution in [2.24, 2.45) is 11.8 Å². The number of aliphatic hydroxyl groups is 1. The zero-order valence-electron chi connectivity index (χ0n) is 20.1. The van der Waals surface area contributed by atoms with Crippen molar-refractivity contribution >= 4 is 11.7 Å². The minimum absolute atomic E-state index is 0.0211. The number of Topliss-reactive ketones (excluding diaryl/α,β-unsaturated/α-hetero) is 1. The van der Waals surface area contributed by atoms with Crippen LogP contribution in [0, 0.1) is 11.8 Å². The molecule has 1 aromatic carbocycles. The molecule has 0 aromatic heterocycles. The molecule has 0 spiro atoms. The normalized spacial score (nSPS) is 35.3. The fraction of sp³-hybridized carbons (Fsp3) is 0.643. The van der Waals surface area contributed by atoms with Crippen molar-refractivity contribution in [1.29, 1.82) is 0 Å². The Morgan fingerprint density at radius 2 is 1.94 bits per heavy atom. The molecule has 1 amide bonds. The average Bonchev–Trinajstić information content (AvgIpc) is 3.63. The third-order valence-electron chi connectivity index (χ3n) is 9.49. The molecule has 4 aliphatic carbocycles. The number of ketones is 1. The molecule has 1 aliphatic heterocycles. The van der Waals surface area contributed by atoms with Crippen LogP contribution < -0.4 is 5.32 Å². The Hall–Kier alpha value is -2.34. The first-order chi connectivity index (χ1) is 16.3. The third kappa shape index (κ3) is 3.24. The van der Waals surface area contributed by atoms with E-state index in [0.29, 0.717) is 12.3 Å². The van der Waals surface area contributed by atoms with E-state index in [1.165, 1.54) is 19.3 Å². The lowest BCUT2D eigenvalue weighted by Crippen LogP contribution is -2.74. The highest BCUT2D eigenvalue weighted by Crippen LogP contribution is 2.59. The summed E-state index contributed by atoms with van der Waals surface area (Å²) >= 11 is 0. The largest absolute Gasteiger partial charge is 0.508 e. The van der Waals surface area contributed by atoms with Crippen molar-refractivity contribution in [1.82, 2.24) is 10.2 Å². The Balaban J connectivity index is 1.39. The van der Waals surface area contributed by atoms with Gasteiger partial charge in [-0.3, -0.25) is 9.59 Å². The lowest BCUT2D eigenvalue weighted by Gasteiger charge is -2.63. The zero-order chi connectivity index (χ0) is 23.7. The van der Waals surface area contributed by atoms with Crippen LogP contribution in [-0.4, -0.2) is 51.0 Å². The first kappa shape index (κ1) is 22.1. The predicted octanol–water partition coefficient (Wildman–Crippen LogP) is 3.34. The Morgan fingerprint density at radius 1 is 1.18 bits per heavy atom. The van der Waals surface area contributed by atoms with Gasteiger partial charge in [-0.2, -0.15) is 0 Å². The number of aromatic hydroxyl groups is 1. The van der Waals surface area contributed by atoms with Gasteiger partial charge in [0.1, 0.15) is 11.4 Å². The number of phenolic OH excluding ortho intramolecular Hbond substituents is 1. The Bertz CT molecular complexity index is 1060. The van der Waals surface area contributed by atoms with Crippen LogP contribution in [0.1, 0.15) is 75.8 Å². The second-order valence-electron chi connectivity index (χ2n) is 11.6. The van der Waals surface area contributed by atoms with Crippen molar-refractivity contribution < 1.29 is 19.8 Å². The molecule has 3 fully saturated rings. The minimum atomic E-state index is -1.19. The van der Waals surface area contributed by atoms with Gasteiger partial charge in [-0.15, -0.1) is 0 Å². The van der Waals surface area contributed by atoms with Crippen LogP contribution in [0.15, 0.2) is 30.0 Å². The number of phenols is 1. The molecule has 2 bridgehead atoms. The van der Waals surface area contributed by atoms with E-state index in [4.69, 9.17) is 0 Å². The average molecular weight is 465 g/mol. The van der Waals surface area contributed by atoms with Gasteiger partial charge in [0.05, 0.1) is 17.5 Å². The number of benzene rings is 1. The van der Waals surface area contributed by atoms with E-state index in [1.807, 2.05) is 13.0 Å². The molecule has 4 atom stereocenters. The van der Waals surface area contributed by atoms with Crippen LogP contribution in [0.4, 0.5) is 0 Å². The van der Waals surface area contributed by atoms with E-state index in [2.05, 4.69) is 16.4 Å². The van der Waals surface area contributed by atoms with Crippen molar-refractivity contribution in [2.45, 2.75) is 94.2 Å². The fourth-order valence-electron chi connectivity index (χ4n) is 7.50. The highest BCUT2D eigenvalue weighted by atomic mass is 16.3. The van der Waals surface area contributed by atoms with Gasteiger partial charge in [0.15, 0.2) is 5.78 Å². The van der Waals surface area contributed by atoms with Gasteiger partial charge < -0.3 is 20.4 Å². The maximum atomic E-state index is 13.6. The van der Waals surface area contributed by atoms with Gasteiger partial charge in [-0.1, -0.05) is 25.3 Å². The summed E-state index contributed by atoms with van der Waals surface area (Å²) in [5, 5.41) is 26.0. The monoisotopic (exact) mass is 464 g/mol. The SMILES string of the molecule is CC1=CN(CC2CC2)C2Cc3ccc(O)cc3C13CC(=O)C(NC(=O)C1CCCCC1)CC23O. The molecule has 0 saturated heterocycles. The van der Waals surface area contributed by atoms with E-state index in [-0.39, 0.29) is 42.2 Å². The molecule has 34 heavy (non-hydrogen) atoms. The summed E-state index contributed by atoms with van der Waals surface area (Å²) in [6.45, 7) is 2.94. The van der Waals surface area contributed by atoms with E-state index in [0.717, 1.165) is 48.9 Å². The van der Waals surface area contributed by atoms with E-state index >= 15 is 0 Å². The number of carbonyl (C=O) groups excluding carboxylic acids is 2. The molecule has 1 heterocycles. The Labute approximate surface area is 201 Å². The van der Waals surface area contributed by atoms with Gasteiger partial charge in [0, 0.05) is 25.3 Å². The van der Waals surface area contributed by atoms with Gasteiger partial charge in [-0.05, 0) is 80.0 Å². The van der Waals surface area contributed by atoms with Gasteiger partial charge >= 0.3 is 0 Å². The van der Waals surface area contributed by atoms with Crippen molar-refractivity contribution in [2.75, 3.05) is 6.54 Å². The first-order valence-corrected chi connectivity index (χ1v) is 13.1. The van der Waals surface area contributed by atoms with Gasteiger partial charge in [0.2, 0.25) is 5.91 Å². The molecule has 1 aromatic rings. The number of amides is 1. The minimum Gasteiger partial charge on any atom is -0.508 e. The summed E-state index contributed by atoms with van der Waals surface area (Å²) in [6, 6.07) is 4.59. The molecule has 3 saturated carbocycles. The van der Waals surface area contributed by atoms with Crippen LogP contribution in [-0.2, 0) is 21.4 Å². The molecule has 6 rings (SSSR count). The molecule has 6 nitrogen and oxygen atoms in total. The van der Waals surface area contributed by atoms with Crippen LogP contribution >= 0.6 is 0 Å². The Morgan fingerprint density at radius 3 is 2.68 bits per heavy atom. The maximum Gasteiger partial charge on any atom is 0.223 e. The maximum absolute atomic E-state index is 13.6. The lowest BCUT2D eigenvalue weighted by atomic mass is 9.48. The number of carbonyl (C=O) groups is 2. The fourth-order valence-corrected chi connectivity index (χ4v) is 7.50. The number of rotatable bonds is 4. The van der Waals surface area contributed by atoms with E-state index in [1.54, 1.807) is 12.1 Å². The van der Waals surface area contributed by atoms with Gasteiger partial charge in [-0.25, -0.2) is 0 Å². The Kier molecular flexibility index (Phi) is 5.11. The van der Waals surface area contributed by atoms with Crippen molar-refractivity contribution in [3.63, 3.8) is 0 Å². The molecular weight excluding hydrogens is 428 g/mol. The second-order valence-corrected chi connectivity index (χ2v) is 11.6. The third-order valence-corrected chi connectivity index (χ3v) is 9.49. The first-order valence-electron chi connectivity index (χ1n) is 13.1. The van der Waals surface area contributed by atoms with Crippen LogP contribution in [0.2, 0.25) is 0 Å². The number of nitrogens with zero attached hydrogens (tertiary/aromatic N) is 1. The quantitative estimate of drug-likeness (QED) is 0.636. The topological polar surface area (TPSA) is 89.9 Å². The second kappa shape index (κ2) is 7.84. The summed E-state index contributed by atoms with van der Waals surface area (Å²) in [4.78, 5) is 28.9. The highest BCUT2D eigenvalue weighted by molar-refractivity contribution is 5.93. The number of fused-ring (bicyclic) bond motifs is 1. The summed E-state index contributed by atoms with van der Waals surface area (Å²) in [7, 11) is 0. The summed E-state index contributed by atoms with van der Waals surface area (Å²) in [6.07, 6.45) is 10.7. The van der Waals surface area contributed by atoms with Crippen LogP contribution in [0.25, 0.3) is 0 Å². The number of nitrogens with one attached hydrogen (secondary N) is 1. The molecule has 3 N–H and O–H groups in total. The zero-order valence-corrected chi connectivity index (χ0v) is 20.1. The van der Waals surface area contributed by atoms with E-state index in [9.17, 15) is 19.8 Å². The van der Waals surface area contributed by atoms with Crippen molar-refractivity contribution in [3.8, 4) is 5.75 Å². The molecule has 4 unspecified atom stereocenters. The van der Waals surface area contributed by atoms with Crippen LogP contribution in [0.5, 0.6) is 5.75 Å². The predicted molar refractivity (Wildman–Crippen MR) is 128 cm³/mol.